The number of nitro benzene ring substituents is 2. The number of carbonyl (C=O) groups is 1. The van der Waals surface area contributed by atoms with Crippen molar-refractivity contribution in [2.75, 3.05) is 31.1 Å². The quantitative estimate of drug-likeness (QED) is 0.418. The van der Waals surface area contributed by atoms with Gasteiger partial charge in [-0.1, -0.05) is 18.2 Å². The summed E-state index contributed by atoms with van der Waals surface area (Å²) in [5.74, 6) is -0.891. The van der Waals surface area contributed by atoms with Gasteiger partial charge in [0.2, 0.25) is 0 Å². The van der Waals surface area contributed by atoms with E-state index in [2.05, 4.69) is 4.99 Å². The minimum absolute atomic E-state index is 0.0527. The molecule has 0 unspecified atom stereocenters. The maximum atomic E-state index is 12.4. The number of phenolic OH excluding ortho intramolecular Hbond substituents is 1. The molecule has 164 valence electrons. The summed E-state index contributed by atoms with van der Waals surface area (Å²) in [4.78, 5) is 41.8. The number of aromatic hydroxyl groups is 1. The van der Waals surface area contributed by atoms with Gasteiger partial charge in [-0.25, -0.2) is 0 Å². The Morgan fingerprint density at radius 1 is 0.969 bits per heavy atom. The van der Waals surface area contributed by atoms with E-state index in [9.17, 15) is 30.1 Å². The van der Waals surface area contributed by atoms with E-state index in [0.717, 1.165) is 0 Å². The Balaban J connectivity index is 1.44. The maximum absolute atomic E-state index is 12.4. The topological polar surface area (TPSA) is 142 Å². The predicted octanol–water partition coefficient (Wildman–Crippen LogP) is 3.00. The smallest absolute Gasteiger partial charge is 0.311 e. The van der Waals surface area contributed by atoms with Gasteiger partial charge in [-0.2, -0.15) is 4.99 Å². The van der Waals surface area contributed by atoms with Crippen LogP contribution in [0.15, 0.2) is 52.4 Å². The average Bonchev–Trinajstić information content (AvgIpc) is 3.15. The summed E-state index contributed by atoms with van der Waals surface area (Å²) in [5, 5.41) is 32.4. The average molecular weight is 455 g/mol. The Hall–Kier alpha value is -3.93. The molecule has 12 heteroatoms. The second-order valence-electron chi connectivity index (χ2n) is 7.04. The number of aliphatic imine (C=N–C) groups is 1. The van der Waals surface area contributed by atoms with Crippen LogP contribution in [0.2, 0.25) is 0 Å². The Morgan fingerprint density at radius 2 is 1.62 bits per heavy atom. The van der Waals surface area contributed by atoms with Crippen LogP contribution in [0.1, 0.15) is 5.56 Å². The van der Waals surface area contributed by atoms with Crippen molar-refractivity contribution >= 4 is 46.0 Å². The highest BCUT2D eigenvalue weighted by Gasteiger charge is 2.30. The summed E-state index contributed by atoms with van der Waals surface area (Å²) >= 11 is 1.17. The molecule has 2 heterocycles. The number of anilines is 1. The van der Waals surface area contributed by atoms with E-state index in [1.165, 1.54) is 42.1 Å². The zero-order valence-corrected chi connectivity index (χ0v) is 17.4. The molecule has 2 aromatic carbocycles. The number of hydrogen-bond donors (Lipinski definition) is 1. The standard InChI is InChI=1S/C20H17N5O6S/c26-17-6-5-13(11-16(17)25(30)31)12-18-19(27)21-20(32-18)23-9-7-22(8-10-23)14-3-1-2-4-15(14)24(28)29/h1-6,11-12,26H,7-10H2. The molecule has 0 bridgehead atoms. The Bertz CT molecular complexity index is 1170. The fraction of sp³-hybridized carbons (Fsp3) is 0.200. The third kappa shape index (κ3) is 4.25. The number of nitrogens with zero attached hydrogens (tertiary/aromatic N) is 5. The van der Waals surface area contributed by atoms with Gasteiger partial charge in [0.15, 0.2) is 10.9 Å². The minimum Gasteiger partial charge on any atom is -0.502 e. The molecule has 1 N–H and O–H groups in total. The van der Waals surface area contributed by atoms with Crippen LogP contribution in [0.3, 0.4) is 0 Å². The van der Waals surface area contributed by atoms with Crippen LogP contribution in [0.4, 0.5) is 17.1 Å². The van der Waals surface area contributed by atoms with Gasteiger partial charge >= 0.3 is 5.69 Å². The SMILES string of the molecule is O=C1N=C(N2CCN(c3ccccc3[N+](=O)[O-])CC2)SC1=Cc1ccc(O)c([N+](=O)[O-])c1. The zero-order chi connectivity index (χ0) is 22.8. The first-order valence-corrected chi connectivity index (χ1v) is 10.4. The number of amides is 1. The van der Waals surface area contributed by atoms with Crippen molar-refractivity contribution in [1.82, 2.24) is 4.90 Å². The van der Waals surface area contributed by atoms with Crippen molar-refractivity contribution in [3.63, 3.8) is 0 Å². The number of benzene rings is 2. The van der Waals surface area contributed by atoms with Gasteiger partial charge in [-0.15, -0.1) is 0 Å². The van der Waals surface area contributed by atoms with Crippen LogP contribution in [0.25, 0.3) is 6.08 Å². The van der Waals surface area contributed by atoms with Crippen molar-refractivity contribution in [2.24, 2.45) is 4.99 Å². The molecule has 2 aromatic rings. The van der Waals surface area contributed by atoms with Crippen molar-refractivity contribution < 1.29 is 19.7 Å². The number of amidine groups is 1. The van der Waals surface area contributed by atoms with E-state index in [1.54, 1.807) is 18.2 Å². The van der Waals surface area contributed by atoms with E-state index in [1.807, 2.05) is 9.80 Å². The first kappa shape index (κ1) is 21.3. The molecular formula is C20H17N5O6S. The van der Waals surface area contributed by atoms with Crippen molar-refractivity contribution in [2.45, 2.75) is 0 Å². The highest BCUT2D eigenvalue weighted by molar-refractivity contribution is 8.18. The molecule has 11 nitrogen and oxygen atoms in total. The first-order chi connectivity index (χ1) is 15.3. The van der Waals surface area contributed by atoms with Crippen LogP contribution in [-0.4, -0.2) is 57.1 Å². The van der Waals surface area contributed by atoms with Gasteiger partial charge in [0.25, 0.3) is 11.6 Å². The van der Waals surface area contributed by atoms with Crippen LogP contribution in [0, 0.1) is 20.2 Å². The van der Waals surface area contributed by atoms with Crippen LogP contribution >= 0.6 is 11.8 Å². The summed E-state index contributed by atoms with van der Waals surface area (Å²) in [6.45, 7) is 2.12. The van der Waals surface area contributed by atoms with Gasteiger partial charge in [0.05, 0.1) is 14.8 Å². The number of nitro groups is 2. The molecule has 2 aliphatic heterocycles. The van der Waals surface area contributed by atoms with Gasteiger partial charge in [0, 0.05) is 38.3 Å². The van der Waals surface area contributed by atoms with Gasteiger partial charge in [-0.3, -0.25) is 25.0 Å². The zero-order valence-electron chi connectivity index (χ0n) is 16.6. The summed E-state index contributed by atoms with van der Waals surface area (Å²) < 4.78 is 0. The summed E-state index contributed by atoms with van der Waals surface area (Å²) in [5.41, 5.74) is 0.575. The lowest BCUT2D eigenvalue weighted by atomic mass is 10.1. The molecule has 1 fully saturated rings. The van der Waals surface area contributed by atoms with E-state index < -0.39 is 27.2 Å². The fourth-order valence-electron chi connectivity index (χ4n) is 3.49. The third-order valence-corrected chi connectivity index (χ3v) is 6.12. The van der Waals surface area contributed by atoms with Gasteiger partial charge < -0.3 is 14.9 Å². The molecular weight excluding hydrogens is 438 g/mol. The summed E-state index contributed by atoms with van der Waals surface area (Å²) in [7, 11) is 0. The van der Waals surface area contributed by atoms with Crippen molar-refractivity contribution in [3.8, 4) is 5.75 Å². The molecule has 0 atom stereocenters. The maximum Gasteiger partial charge on any atom is 0.311 e. The van der Waals surface area contributed by atoms with Crippen molar-refractivity contribution in [3.05, 3.63) is 73.2 Å². The van der Waals surface area contributed by atoms with Crippen molar-refractivity contribution in [1.29, 1.82) is 0 Å². The number of thioether (sulfide) groups is 1. The normalized spacial score (nSPS) is 17.6. The lowest BCUT2D eigenvalue weighted by molar-refractivity contribution is -0.385. The third-order valence-electron chi connectivity index (χ3n) is 5.07. The second-order valence-corrected chi connectivity index (χ2v) is 8.04. The molecule has 0 radical (unpaired) electrons. The number of piperazine rings is 1. The van der Waals surface area contributed by atoms with E-state index in [-0.39, 0.29) is 5.69 Å². The monoisotopic (exact) mass is 455 g/mol. The molecule has 0 aromatic heterocycles. The van der Waals surface area contributed by atoms with E-state index in [4.69, 9.17) is 0 Å². The number of para-hydroxylation sites is 2. The summed E-state index contributed by atoms with van der Waals surface area (Å²) in [6.07, 6.45) is 1.50. The highest BCUT2D eigenvalue weighted by atomic mass is 32.2. The molecule has 0 aliphatic carbocycles. The molecule has 2 aliphatic rings. The molecule has 0 saturated carbocycles. The highest BCUT2D eigenvalue weighted by Crippen LogP contribution is 2.34. The number of phenols is 1. The molecule has 1 saturated heterocycles. The predicted molar refractivity (Wildman–Crippen MR) is 120 cm³/mol. The molecule has 0 spiro atoms. The van der Waals surface area contributed by atoms with E-state index >= 15 is 0 Å². The number of hydrogen-bond acceptors (Lipinski definition) is 9. The Morgan fingerprint density at radius 3 is 2.31 bits per heavy atom. The molecule has 4 rings (SSSR count). The van der Waals surface area contributed by atoms with Gasteiger partial charge in [0.1, 0.15) is 5.69 Å². The minimum atomic E-state index is -0.695. The molecule has 32 heavy (non-hydrogen) atoms. The second kappa shape index (κ2) is 8.67. The Kier molecular flexibility index (Phi) is 5.77. The Labute approximate surface area is 186 Å². The number of rotatable bonds is 4. The first-order valence-electron chi connectivity index (χ1n) is 9.57. The van der Waals surface area contributed by atoms with Crippen LogP contribution < -0.4 is 4.90 Å². The molecule has 1 amide bonds. The van der Waals surface area contributed by atoms with Crippen LogP contribution in [-0.2, 0) is 4.79 Å². The van der Waals surface area contributed by atoms with Gasteiger partial charge in [-0.05, 0) is 35.5 Å². The lowest BCUT2D eigenvalue weighted by Crippen LogP contribution is -2.48. The fourth-order valence-corrected chi connectivity index (χ4v) is 4.45. The summed E-state index contributed by atoms with van der Waals surface area (Å²) in [6, 6.07) is 10.5. The number of carbonyl (C=O) groups excluding carboxylic acids is 1. The lowest BCUT2D eigenvalue weighted by Gasteiger charge is -2.36. The largest absolute Gasteiger partial charge is 0.502 e. The van der Waals surface area contributed by atoms with E-state index in [0.29, 0.717) is 47.5 Å². The van der Waals surface area contributed by atoms with Crippen LogP contribution in [0.5, 0.6) is 5.75 Å².